The maximum Gasteiger partial charge on any atom is 0.267 e. The van der Waals surface area contributed by atoms with Gasteiger partial charge in [0.15, 0.2) is 6.10 Å². The molecule has 12 heavy (non-hydrogen) atoms. The summed E-state index contributed by atoms with van der Waals surface area (Å²) in [5.41, 5.74) is 2.26. The number of amides is 1. The average molecular weight is 170 g/mol. The molecule has 4 N–H and O–H groups in total. The SMILES string of the molecule is Cn1cc(C(O)C(=O)NN)cn1. The van der Waals surface area contributed by atoms with Crippen LogP contribution in [0.15, 0.2) is 12.4 Å². The van der Waals surface area contributed by atoms with Gasteiger partial charge in [0.2, 0.25) is 0 Å². The topological polar surface area (TPSA) is 93.2 Å². The number of aryl methyl sites for hydroxylation is 1. The first kappa shape index (κ1) is 8.69. The second-order valence-electron chi connectivity index (χ2n) is 2.36. The van der Waals surface area contributed by atoms with Crippen molar-refractivity contribution in [1.29, 1.82) is 0 Å². The first-order valence-corrected chi connectivity index (χ1v) is 3.32. The molecule has 1 rings (SSSR count). The van der Waals surface area contributed by atoms with Gasteiger partial charge in [0.25, 0.3) is 5.91 Å². The number of aliphatic hydroxyl groups is 1. The smallest absolute Gasteiger partial charge is 0.267 e. The van der Waals surface area contributed by atoms with E-state index in [1.807, 2.05) is 5.43 Å². The van der Waals surface area contributed by atoms with Crippen LogP contribution in [0.5, 0.6) is 0 Å². The monoisotopic (exact) mass is 170 g/mol. The number of nitrogens with one attached hydrogen (secondary N) is 1. The summed E-state index contributed by atoms with van der Waals surface area (Å²) in [6.07, 6.45) is 1.70. The standard InChI is InChI=1S/C6H10N4O2/c1-10-3-4(2-8-10)5(11)6(12)9-7/h2-3,5,11H,7H2,1H3,(H,9,12). The van der Waals surface area contributed by atoms with Gasteiger partial charge in [-0.05, 0) is 0 Å². The molecule has 0 spiro atoms. The van der Waals surface area contributed by atoms with Gasteiger partial charge in [0.05, 0.1) is 6.20 Å². The number of hydrogen-bond acceptors (Lipinski definition) is 4. The summed E-state index contributed by atoms with van der Waals surface area (Å²) in [7, 11) is 1.69. The lowest BCUT2D eigenvalue weighted by Gasteiger charge is -2.04. The molecule has 66 valence electrons. The minimum absolute atomic E-state index is 0.417. The molecule has 0 saturated heterocycles. The number of aromatic nitrogens is 2. The predicted molar refractivity (Wildman–Crippen MR) is 40.5 cm³/mol. The van der Waals surface area contributed by atoms with Gasteiger partial charge < -0.3 is 5.11 Å². The number of carbonyl (C=O) groups is 1. The van der Waals surface area contributed by atoms with E-state index in [4.69, 9.17) is 5.84 Å². The lowest BCUT2D eigenvalue weighted by atomic mass is 10.2. The number of aliphatic hydroxyl groups excluding tert-OH is 1. The number of rotatable bonds is 2. The molecule has 0 bridgehead atoms. The lowest BCUT2D eigenvalue weighted by Crippen LogP contribution is -2.34. The number of hydrazine groups is 1. The normalized spacial score (nSPS) is 12.6. The Kier molecular flexibility index (Phi) is 2.41. The van der Waals surface area contributed by atoms with Crippen LogP contribution in [0.4, 0.5) is 0 Å². The summed E-state index contributed by atoms with van der Waals surface area (Å²) >= 11 is 0. The molecule has 1 aromatic heterocycles. The number of nitrogens with two attached hydrogens (primary N) is 1. The van der Waals surface area contributed by atoms with Crippen molar-refractivity contribution in [3.8, 4) is 0 Å². The molecule has 0 aliphatic carbocycles. The summed E-state index contributed by atoms with van der Waals surface area (Å²) < 4.78 is 1.49. The largest absolute Gasteiger partial charge is 0.378 e. The Morgan fingerprint density at radius 3 is 3.00 bits per heavy atom. The molecule has 6 heteroatoms. The van der Waals surface area contributed by atoms with Crippen molar-refractivity contribution in [3.63, 3.8) is 0 Å². The van der Waals surface area contributed by atoms with E-state index in [0.717, 1.165) is 0 Å². The Hall–Kier alpha value is -1.40. The zero-order chi connectivity index (χ0) is 9.14. The zero-order valence-corrected chi connectivity index (χ0v) is 6.56. The first-order valence-electron chi connectivity index (χ1n) is 3.32. The summed E-state index contributed by atoms with van der Waals surface area (Å²) in [4.78, 5) is 10.8. The van der Waals surface area contributed by atoms with E-state index in [1.54, 1.807) is 13.2 Å². The fourth-order valence-corrected chi connectivity index (χ4v) is 0.812. The predicted octanol–water partition coefficient (Wildman–Crippen LogP) is -1.56. The maximum absolute atomic E-state index is 10.8. The van der Waals surface area contributed by atoms with E-state index >= 15 is 0 Å². The molecule has 1 amide bonds. The molecule has 0 fully saturated rings. The number of hydrogen-bond donors (Lipinski definition) is 3. The highest BCUT2D eigenvalue weighted by Gasteiger charge is 2.16. The summed E-state index contributed by atoms with van der Waals surface area (Å²) in [6, 6.07) is 0. The van der Waals surface area contributed by atoms with Crippen molar-refractivity contribution >= 4 is 5.91 Å². The summed E-state index contributed by atoms with van der Waals surface area (Å²) in [5, 5.41) is 13.0. The third kappa shape index (κ3) is 1.60. The van der Waals surface area contributed by atoms with Crippen LogP contribution in [0.1, 0.15) is 11.7 Å². The Labute approximate surface area is 68.9 Å². The minimum atomic E-state index is -1.25. The van der Waals surface area contributed by atoms with Crippen LogP contribution in [-0.4, -0.2) is 20.8 Å². The van der Waals surface area contributed by atoms with Gasteiger partial charge in [-0.15, -0.1) is 0 Å². The van der Waals surface area contributed by atoms with Crippen LogP contribution in [0.2, 0.25) is 0 Å². The lowest BCUT2D eigenvalue weighted by molar-refractivity contribution is -0.129. The van der Waals surface area contributed by atoms with E-state index < -0.39 is 12.0 Å². The quantitative estimate of drug-likeness (QED) is 0.284. The fraction of sp³-hybridized carbons (Fsp3) is 0.333. The van der Waals surface area contributed by atoms with Crippen LogP contribution in [0, 0.1) is 0 Å². The Morgan fingerprint density at radius 2 is 2.58 bits per heavy atom. The Bertz CT molecular complexity index is 283. The van der Waals surface area contributed by atoms with Crippen LogP contribution in [-0.2, 0) is 11.8 Å². The van der Waals surface area contributed by atoms with E-state index in [0.29, 0.717) is 5.56 Å². The van der Waals surface area contributed by atoms with Gasteiger partial charge in [-0.3, -0.25) is 14.9 Å². The van der Waals surface area contributed by atoms with Crippen molar-refractivity contribution in [2.75, 3.05) is 0 Å². The molecule has 0 saturated carbocycles. The summed E-state index contributed by atoms with van der Waals surface area (Å²) in [5.74, 6) is 4.18. The molecule has 1 aromatic rings. The highest BCUT2D eigenvalue weighted by molar-refractivity contribution is 5.81. The molecule has 6 nitrogen and oxygen atoms in total. The average Bonchev–Trinajstić information content (AvgIpc) is 2.49. The molecular weight excluding hydrogens is 160 g/mol. The van der Waals surface area contributed by atoms with Crippen LogP contribution < -0.4 is 11.3 Å². The van der Waals surface area contributed by atoms with Gasteiger partial charge in [0.1, 0.15) is 0 Å². The van der Waals surface area contributed by atoms with Gasteiger partial charge in [-0.25, -0.2) is 5.84 Å². The van der Waals surface area contributed by atoms with Crippen molar-refractivity contribution in [1.82, 2.24) is 15.2 Å². The van der Waals surface area contributed by atoms with E-state index in [2.05, 4.69) is 5.10 Å². The Balaban J connectivity index is 2.77. The molecule has 1 heterocycles. The molecule has 1 atom stereocenters. The van der Waals surface area contributed by atoms with Gasteiger partial charge >= 0.3 is 0 Å². The summed E-state index contributed by atoms with van der Waals surface area (Å²) in [6.45, 7) is 0. The van der Waals surface area contributed by atoms with Gasteiger partial charge in [-0.2, -0.15) is 5.10 Å². The van der Waals surface area contributed by atoms with E-state index in [9.17, 15) is 9.90 Å². The second kappa shape index (κ2) is 3.33. The minimum Gasteiger partial charge on any atom is -0.378 e. The van der Waals surface area contributed by atoms with Gasteiger partial charge in [-0.1, -0.05) is 0 Å². The molecule has 1 unspecified atom stereocenters. The molecule has 0 radical (unpaired) electrons. The van der Waals surface area contributed by atoms with Crippen LogP contribution in [0.3, 0.4) is 0 Å². The fourth-order valence-electron chi connectivity index (χ4n) is 0.812. The molecule has 0 aromatic carbocycles. The number of carbonyl (C=O) groups excluding carboxylic acids is 1. The van der Waals surface area contributed by atoms with Crippen molar-refractivity contribution in [2.45, 2.75) is 6.10 Å². The van der Waals surface area contributed by atoms with Crippen LogP contribution >= 0.6 is 0 Å². The van der Waals surface area contributed by atoms with Crippen molar-refractivity contribution in [3.05, 3.63) is 18.0 Å². The molecular formula is C6H10N4O2. The maximum atomic E-state index is 10.8. The molecule has 0 aliphatic rings. The van der Waals surface area contributed by atoms with Crippen molar-refractivity contribution < 1.29 is 9.90 Å². The zero-order valence-electron chi connectivity index (χ0n) is 6.56. The van der Waals surface area contributed by atoms with Crippen molar-refractivity contribution in [2.24, 2.45) is 12.9 Å². The number of nitrogens with zero attached hydrogens (tertiary/aromatic N) is 2. The molecule has 0 aliphatic heterocycles. The highest BCUT2D eigenvalue weighted by Crippen LogP contribution is 2.09. The van der Waals surface area contributed by atoms with Crippen LogP contribution in [0.25, 0.3) is 0 Å². The van der Waals surface area contributed by atoms with Gasteiger partial charge in [0, 0.05) is 18.8 Å². The third-order valence-electron chi connectivity index (χ3n) is 1.43. The highest BCUT2D eigenvalue weighted by atomic mass is 16.3. The Morgan fingerprint density at radius 1 is 1.92 bits per heavy atom. The first-order chi connectivity index (χ1) is 5.65. The third-order valence-corrected chi connectivity index (χ3v) is 1.43. The van der Waals surface area contributed by atoms with E-state index in [1.165, 1.54) is 10.9 Å². The second-order valence-corrected chi connectivity index (χ2v) is 2.36. The van der Waals surface area contributed by atoms with E-state index in [-0.39, 0.29) is 0 Å².